The van der Waals surface area contributed by atoms with Crippen LogP contribution in [-0.2, 0) is 4.79 Å². The quantitative estimate of drug-likeness (QED) is 0.811. The van der Waals surface area contributed by atoms with Gasteiger partial charge in [0.05, 0.1) is 0 Å². The minimum atomic E-state index is -0.107. The van der Waals surface area contributed by atoms with E-state index in [4.69, 9.17) is 11.6 Å². The number of piperazine rings is 1. The monoisotopic (exact) mass is 378 g/mol. The Labute approximate surface area is 160 Å². The third-order valence-corrected chi connectivity index (χ3v) is 5.31. The van der Waals surface area contributed by atoms with Gasteiger partial charge in [0.2, 0.25) is 5.91 Å². The summed E-state index contributed by atoms with van der Waals surface area (Å²) >= 11 is 5.93. The number of rotatable bonds is 6. The van der Waals surface area contributed by atoms with Gasteiger partial charge in [0, 0.05) is 49.9 Å². The number of carbonyl (C=O) groups is 2. The van der Waals surface area contributed by atoms with Crippen molar-refractivity contribution in [3.63, 3.8) is 0 Å². The normalized spacial score (nSPS) is 18.1. The molecule has 0 atom stereocenters. The summed E-state index contributed by atoms with van der Waals surface area (Å²) in [5, 5.41) is 3.84. The van der Waals surface area contributed by atoms with Crippen molar-refractivity contribution in [3.05, 3.63) is 34.9 Å². The number of likely N-dealkylation sites (tertiary alicyclic amines) is 1. The zero-order valence-corrected chi connectivity index (χ0v) is 15.9. The topological polar surface area (TPSA) is 55.9 Å². The highest BCUT2D eigenvalue weighted by Crippen LogP contribution is 2.13. The van der Waals surface area contributed by atoms with Crippen LogP contribution in [0.4, 0.5) is 0 Å². The Morgan fingerprint density at radius 1 is 1.04 bits per heavy atom. The molecule has 2 amide bonds. The molecule has 1 aromatic carbocycles. The van der Waals surface area contributed by atoms with Gasteiger partial charge in [-0.25, -0.2) is 0 Å². The molecular weight excluding hydrogens is 352 g/mol. The first-order valence-electron chi connectivity index (χ1n) is 9.39. The maximum Gasteiger partial charge on any atom is 0.254 e. The van der Waals surface area contributed by atoms with E-state index in [1.165, 1.54) is 12.8 Å². The van der Waals surface area contributed by atoms with Crippen molar-refractivity contribution < 1.29 is 9.59 Å². The molecule has 26 heavy (non-hydrogen) atoms. The Morgan fingerprint density at radius 2 is 1.69 bits per heavy atom. The SMILES string of the molecule is O=C(CN(CCN1CCCC1)C(=O)c1ccc(Cl)cc1)N1CCNCC1. The van der Waals surface area contributed by atoms with E-state index in [1.54, 1.807) is 29.2 Å². The van der Waals surface area contributed by atoms with Gasteiger partial charge in [0.15, 0.2) is 0 Å². The highest BCUT2D eigenvalue weighted by atomic mass is 35.5. The lowest BCUT2D eigenvalue weighted by molar-refractivity contribution is -0.132. The van der Waals surface area contributed by atoms with E-state index < -0.39 is 0 Å². The van der Waals surface area contributed by atoms with Crippen molar-refractivity contribution in [2.24, 2.45) is 0 Å². The maximum atomic E-state index is 13.0. The molecular formula is C19H27ClN4O2. The van der Waals surface area contributed by atoms with Crippen molar-refractivity contribution in [3.8, 4) is 0 Å². The fourth-order valence-electron chi connectivity index (χ4n) is 3.47. The molecule has 2 aliphatic rings. The zero-order chi connectivity index (χ0) is 18.4. The average molecular weight is 379 g/mol. The molecule has 0 unspecified atom stereocenters. The number of carbonyl (C=O) groups excluding carboxylic acids is 2. The Kier molecular flexibility index (Phi) is 6.88. The van der Waals surface area contributed by atoms with Gasteiger partial charge in [-0.05, 0) is 50.2 Å². The van der Waals surface area contributed by atoms with Crippen LogP contribution in [0.5, 0.6) is 0 Å². The van der Waals surface area contributed by atoms with Crippen LogP contribution in [0.3, 0.4) is 0 Å². The van der Waals surface area contributed by atoms with Gasteiger partial charge in [-0.2, -0.15) is 0 Å². The molecule has 0 aliphatic carbocycles. The maximum absolute atomic E-state index is 13.0. The largest absolute Gasteiger partial charge is 0.339 e. The second-order valence-electron chi connectivity index (χ2n) is 6.91. The van der Waals surface area contributed by atoms with Gasteiger partial charge in [0.1, 0.15) is 6.54 Å². The van der Waals surface area contributed by atoms with Crippen LogP contribution in [0.15, 0.2) is 24.3 Å². The van der Waals surface area contributed by atoms with Crippen LogP contribution in [0.2, 0.25) is 5.02 Å². The number of amides is 2. The molecule has 0 spiro atoms. The smallest absolute Gasteiger partial charge is 0.254 e. The van der Waals surface area contributed by atoms with E-state index in [1.807, 2.05) is 4.90 Å². The van der Waals surface area contributed by atoms with Crippen LogP contribution in [0, 0.1) is 0 Å². The van der Waals surface area contributed by atoms with Crippen molar-refractivity contribution in [2.45, 2.75) is 12.8 Å². The lowest BCUT2D eigenvalue weighted by atomic mass is 10.2. The highest BCUT2D eigenvalue weighted by molar-refractivity contribution is 6.30. The zero-order valence-electron chi connectivity index (χ0n) is 15.1. The fraction of sp³-hybridized carbons (Fsp3) is 0.579. The Bertz CT molecular complexity index is 610. The number of nitrogens with one attached hydrogen (secondary N) is 1. The number of halogens is 1. The third-order valence-electron chi connectivity index (χ3n) is 5.06. The van der Waals surface area contributed by atoms with E-state index in [0.29, 0.717) is 30.2 Å². The predicted molar refractivity (Wildman–Crippen MR) is 102 cm³/mol. The summed E-state index contributed by atoms with van der Waals surface area (Å²) in [7, 11) is 0. The standard InChI is InChI=1S/C19H27ClN4O2/c20-17-5-3-16(4-6-17)19(26)24(14-13-22-9-1-2-10-22)15-18(25)23-11-7-21-8-12-23/h3-6,21H,1-2,7-15H2. The minimum Gasteiger partial charge on any atom is -0.339 e. The number of nitrogens with zero attached hydrogens (tertiary/aromatic N) is 3. The van der Waals surface area contributed by atoms with Gasteiger partial charge in [-0.1, -0.05) is 11.6 Å². The second kappa shape index (κ2) is 9.35. The molecule has 7 heteroatoms. The average Bonchev–Trinajstić information content (AvgIpc) is 3.19. The van der Waals surface area contributed by atoms with Gasteiger partial charge >= 0.3 is 0 Å². The Morgan fingerprint density at radius 3 is 2.35 bits per heavy atom. The summed E-state index contributed by atoms with van der Waals surface area (Å²) in [6.45, 7) is 6.70. The first-order chi connectivity index (χ1) is 12.6. The van der Waals surface area contributed by atoms with Crippen LogP contribution in [0.1, 0.15) is 23.2 Å². The molecule has 2 fully saturated rings. The molecule has 2 aliphatic heterocycles. The van der Waals surface area contributed by atoms with Crippen LogP contribution in [0.25, 0.3) is 0 Å². The summed E-state index contributed by atoms with van der Waals surface area (Å²) in [6.07, 6.45) is 2.43. The van der Waals surface area contributed by atoms with Gasteiger partial charge in [0.25, 0.3) is 5.91 Å². The Balaban J connectivity index is 1.66. The van der Waals surface area contributed by atoms with Crippen molar-refractivity contribution in [2.75, 3.05) is 58.9 Å². The van der Waals surface area contributed by atoms with Crippen molar-refractivity contribution in [1.82, 2.24) is 20.0 Å². The van der Waals surface area contributed by atoms with Crippen LogP contribution >= 0.6 is 11.6 Å². The van der Waals surface area contributed by atoms with Gasteiger partial charge in [-0.3, -0.25) is 9.59 Å². The van der Waals surface area contributed by atoms with E-state index in [0.717, 1.165) is 32.7 Å². The molecule has 2 saturated heterocycles. The summed E-state index contributed by atoms with van der Waals surface area (Å²) in [5.74, 6) is -0.0837. The van der Waals surface area contributed by atoms with E-state index in [-0.39, 0.29) is 18.4 Å². The summed E-state index contributed by atoms with van der Waals surface area (Å²) in [4.78, 5) is 31.5. The number of benzene rings is 1. The molecule has 0 radical (unpaired) electrons. The number of hydrogen-bond donors (Lipinski definition) is 1. The van der Waals surface area contributed by atoms with Gasteiger partial charge < -0.3 is 20.0 Å². The molecule has 1 N–H and O–H groups in total. The molecule has 142 valence electrons. The van der Waals surface area contributed by atoms with Crippen LogP contribution in [-0.4, -0.2) is 85.4 Å². The fourth-order valence-corrected chi connectivity index (χ4v) is 3.60. The molecule has 0 aromatic heterocycles. The van der Waals surface area contributed by atoms with E-state index in [9.17, 15) is 9.59 Å². The molecule has 6 nitrogen and oxygen atoms in total. The summed E-state index contributed by atoms with van der Waals surface area (Å²) in [6, 6.07) is 6.88. The Hall–Kier alpha value is -1.63. The molecule has 2 heterocycles. The third kappa shape index (κ3) is 5.19. The van der Waals surface area contributed by atoms with Crippen LogP contribution < -0.4 is 5.32 Å². The lowest BCUT2D eigenvalue weighted by Gasteiger charge is -2.31. The molecule has 0 bridgehead atoms. The second-order valence-corrected chi connectivity index (χ2v) is 7.35. The van der Waals surface area contributed by atoms with E-state index >= 15 is 0 Å². The number of hydrogen-bond acceptors (Lipinski definition) is 4. The first kappa shape index (κ1) is 19.1. The van der Waals surface area contributed by atoms with E-state index in [2.05, 4.69) is 10.2 Å². The van der Waals surface area contributed by atoms with Crippen molar-refractivity contribution in [1.29, 1.82) is 0 Å². The predicted octanol–water partition coefficient (Wildman–Crippen LogP) is 1.31. The first-order valence-corrected chi connectivity index (χ1v) is 9.77. The lowest BCUT2D eigenvalue weighted by Crippen LogP contribution is -2.51. The molecule has 0 saturated carbocycles. The molecule has 1 aromatic rings. The van der Waals surface area contributed by atoms with Crippen molar-refractivity contribution >= 4 is 23.4 Å². The minimum absolute atomic E-state index is 0.0234. The van der Waals surface area contributed by atoms with Gasteiger partial charge in [-0.15, -0.1) is 0 Å². The highest BCUT2D eigenvalue weighted by Gasteiger charge is 2.24. The molecule has 3 rings (SSSR count). The summed E-state index contributed by atoms with van der Waals surface area (Å²) in [5.41, 5.74) is 0.573. The summed E-state index contributed by atoms with van der Waals surface area (Å²) < 4.78 is 0.